The number of alkyl halides is 6. The van der Waals surface area contributed by atoms with Gasteiger partial charge in [-0.05, 0) is 36.2 Å². The van der Waals surface area contributed by atoms with Gasteiger partial charge in [-0.15, -0.1) is 11.3 Å². The summed E-state index contributed by atoms with van der Waals surface area (Å²) in [6.07, 6.45) is -11.2. The molecular formula is C24H34F6N4O2S2. The molecule has 0 aliphatic carbocycles. The third-order valence-corrected chi connectivity index (χ3v) is 8.49. The van der Waals surface area contributed by atoms with E-state index in [1.54, 1.807) is 24.1 Å². The Morgan fingerprint density at radius 2 is 1.61 bits per heavy atom. The van der Waals surface area contributed by atoms with E-state index in [-0.39, 0.29) is 12.1 Å². The van der Waals surface area contributed by atoms with Gasteiger partial charge < -0.3 is 20.2 Å². The average Bonchev–Trinajstić information content (AvgIpc) is 3.44. The number of aliphatic hydroxyl groups excluding tert-OH is 1. The van der Waals surface area contributed by atoms with Gasteiger partial charge in [-0.3, -0.25) is 0 Å². The minimum atomic E-state index is -4.67. The molecule has 0 radical (unpaired) electrons. The first-order chi connectivity index (χ1) is 17.9. The summed E-state index contributed by atoms with van der Waals surface area (Å²) in [4.78, 5) is 3.71. The molecule has 2 fully saturated rings. The van der Waals surface area contributed by atoms with Crippen LogP contribution in [0.1, 0.15) is 25.5 Å². The number of hydrogen-bond donors (Lipinski definition) is 2. The first kappa shape index (κ1) is 32.5. The molecule has 0 bridgehead atoms. The van der Waals surface area contributed by atoms with Gasteiger partial charge in [-0.2, -0.15) is 26.3 Å². The molecule has 0 spiro atoms. The van der Waals surface area contributed by atoms with E-state index in [1.807, 2.05) is 40.6 Å². The van der Waals surface area contributed by atoms with E-state index in [1.165, 1.54) is 23.5 Å². The molecular weight excluding hydrogens is 554 g/mol. The summed E-state index contributed by atoms with van der Waals surface area (Å²) < 4.78 is 88.8. The second kappa shape index (κ2) is 14.6. The number of halogens is 6. The molecule has 0 saturated carbocycles. The van der Waals surface area contributed by atoms with Crippen molar-refractivity contribution in [3.63, 3.8) is 0 Å². The molecule has 3 atom stereocenters. The van der Waals surface area contributed by atoms with Gasteiger partial charge in [0.05, 0.1) is 0 Å². The van der Waals surface area contributed by atoms with E-state index >= 15 is 0 Å². The summed E-state index contributed by atoms with van der Waals surface area (Å²) in [6, 6.07) is 8.11. The van der Waals surface area contributed by atoms with Gasteiger partial charge in [0.25, 0.3) is 0 Å². The highest BCUT2D eigenvalue weighted by Gasteiger charge is 2.41. The van der Waals surface area contributed by atoms with Gasteiger partial charge in [0, 0.05) is 51.5 Å². The summed E-state index contributed by atoms with van der Waals surface area (Å²) in [5.74, 6) is 0. The van der Waals surface area contributed by atoms with Gasteiger partial charge >= 0.3 is 12.4 Å². The van der Waals surface area contributed by atoms with Crippen LogP contribution in [0.25, 0.3) is 0 Å². The number of benzene rings is 1. The highest BCUT2D eigenvalue weighted by atomic mass is 32.2. The SMILES string of the molecule is CC.CN1CCNC(C(F)(F)F)C1.O=S(c1cccs1)N1CCN(c2ccc(C(O)C(F)(F)F)cc2)CC1. The Kier molecular flexibility index (Phi) is 12.5. The lowest BCUT2D eigenvalue weighted by atomic mass is 10.1. The Hall–Kier alpha value is -1.71. The summed E-state index contributed by atoms with van der Waals surface area (Å²) in [7, 11) is 0.531. The normalized spacial score (nSPS) is 21.0. The second-order valence-corrected chi connectivity index (χ2v) is 11.1. The topological polar surface area (TPSA) is 59.1 Å². The largest absolute Gasteiger partial charge is 0.418 e. The number of hydrogen-bond acceptors (Lipinski definition) is 6. The van der Waals surface area contributed by atoms with E-state index in [0.29, 0.717) is 39.3 Å². The third-order valence-electron chi connectivity index (χ3n) is 5.80. The van der Waals surface area contributed by atoms with Crippen molar-refractivity contribution >= 4 is 28.0 Å². The monoisotopic (exact) mass is 588 g/mol. The molecule has 2 aliphatic rings. The molecule has 216 valence electrons. The second-order valence-electron chi connectivity index (χ2n) is 8.44. The van der Waals surface area contributed by atoms with Crippen LogP contribution in [-0.2, 0) is 11.0 Å². The zero-order valence-electron chi connectivity index (χ0n) is 21.4. The fourth-order valence-electron chi connectivity index (χ4n) is 3.78. The molecule has 0 amide bonds. The van der Waals surface area contributed by atoms with Gasteiger partial charge in [0.1, 0.15) is 21.2 Å². The molecule has 6 nitrogen and oxygen atoms in total. The van der Waals surface area contributed by atoms with Gasteiger partial charge in [-0.1, -0.05) is 32.0 Å². The molecule has 2 aliphatic heterocycles. The Morgan fingerprint density at radius 1 is 1.00 bits per heavy atom. The quantitative estimate of drug-likeness (QED) is 0.509. The zero-order chi connectivity index (χ0) is 28.5. The molecule has 3 heterocycles. The van der Waals surface area contributed by atoms with Crippen molar-refractivity contribution in [3.8, 4) is 0 Å². The maximum atomic E-state index is 12.5. The van der Waals surface area contributed by atoms with Crippen molar-refractivity contribution < 1.29 is 35.7 Å². The molecule has 38 heavy (non-hydrogen) atoms. The van der Waals surface area contributed by atoms with Crippen molar-refractivity contribution in [2.24, 2.45) is 0 Å². The number of aliphatic hydroxyl groups is 1. The number of anilines is 1. The van der Waals surface area contributed by atoms with E-state index in [4.69, 9.17) is 0 Å². The van der Waals surface area contributed by atoms with Crippen molar-refractivity contribution in [2.45, 2.75) is 42.6 Å². The van der Waals surface area contributed by atoms with Crippen molar-refractivity contribution in [2.75, 3.05) is 57.8 Å². The lowest BCUT2D eigenvalue weighted by Gasteiger charge is -2.35. The average molecular weight is 589 g/mol. The maximum Gasteiger partial charge on any atom is 0.418 e. The van der Waals surface area contributed by atoms with E-state index < -0.39 is 35.5 Å². The lowest BCUT2D eigenvalue weighted by Crippen LogP contribution is -2.55. The van der Waals surface area contributed by atoms with Crippen LogP contribution in [0.2, 0.25) is 0 Å². The smallest absolute Gasteiger partial charge is 0.379 e. The molecule has 1 aromatic carbocycles. The standard InChI is InChI=1S/C16H17F3N2O2S2.C6H11F3N2.C2H6/c17-16(18,19)15(22)12-3-5-13(6-4-12)20-7-9-21(10-8-20)25(23)14-2-1-11-24-14;1-11-3-2-10-5(4-11)6(7,8)9;1-2/h1-6,11,15,22H,7-10H2;5,10H,2-4H2,1H3;1-2H3. The Balaban J connectivity index is 0.000000327. The molecule has 2 saturated heterocycles. The number of nitrogens with one attached hydrogen (secondary N) is 1. The molecule has 4 rings (SSSR count). The minimum absolute atomic E-state index is 0.0590. The van der Waals surface area contributed by atoms with Crippen LogP contribution in [0.3, 0.4) is 0 Å². The van der Waals surface area contributed by atoms with Crippen LogP contribution in [0.15, 0.2) is 46.0 Å². The van der Waals surface area contributed by atoms with Crippen molar-refractivity contribution in [3.05, 3.63) is 47.3 Å². The highest BCUT2D eigenvalue weighted by Crippen LogP contribution is 2.33. The maximum absolute atomic E-state index is 12.5. The van der Waals surface area contributed by atoms with Gasteiger partial charge in [0.15, 0.2) is 6.10 Å². The van der Waals surface area contributed by atoms with Gasteiger partial charge in [0.2, 0.25) is 0 Å². The Morgan fingerprint density at radius 3 is 2.05 bits per heavy atom. The zero-order valence-corrected chi connectivity index (χ0v) is 23.1. The predicted molar refractivity (Wildman–Crippen MR) is 139 cm³/mol. The summed E-state index contributed by atoms with van der Waals surface area (Å²) >= 11 is 1.46. The third kappa shape index (κ3) is 9.49. The molecule has 1 aromatic heterocycles. The van der Waals surface area contributed by atoms with E-state index in [0.717, 1.165) is 9.90 Å². The number of nitrogens with zero attached hydrogens (tertiary/aromatic N) is 3. The van der Waals surface area contributed by atoms with Crippen LogP contribution >= 0.6 is 11.3 Å². The Bertz CT molecular complexity index is 966. The highest BCUT2D eigenvalue weighted by molar-refractivity contribution is 7.85. The van der Waals surface area contributed by atoms with Crippen LogP contribution < -0.4 is 10.2 Å². The summed E-state index contributed by atoms with van der Waals surface area (Å²) in [5, 5.41) is 13.6. The first-order valence-corrected chi connectivity index (χ1v) is 14.1. The molecule has 3 unspecified atom stereocenters. The van der Waals surface area contributed by atoms with Crippen LogP contribution in [-0.4, -0.2) is 89.8 Å². The van der Waals surface area contributed by atoms with Crippen molar-refractivity contribution in [1.29, 1.82) is 0 Å². The number of piperazine rings is 2. The number of likely N-dealkylation sites (N-methyl/N-ethyl adjacent to an activating group) is 1. The van der Waals surface area contributed by atoms with Crippen LogP contribution in [0, 0.1) is 0 Å². The number of rotatable bonds is 4. The van der Waals surface area contributed by atoms with Gasteiger partial charge in [-0.25, -0.2) is 8.51 Å². The molecule has 14 heteroatoms. The lowest BCUT2D eigenvalue weighted by molar-refractivity contribution is -0.206. The summed E-state index contributed by atoms with van der Waals surface area (Å²) in [5.41, 5.74) is 0.619. The minimum Gasteiger partial charge on any atom is -0.379 e. The first-order valence-electron chi connectivity index (χ1n) is 12.1. The van der Waals surface area contributed by atoms with Crippen molar-refractivity contribution in [1.82, 2.24) is 14.5 Å². The van der Waals surface area contributed by atoms with E-state index in [2.05, 4.69) is 5.32 Å². The van der Waals surface area contributed by atoms with E-state index in [9.17, 15) is 35.7 Å². The fourth-order valence-corrected chi connectivity index (χ4v) is 5.98. The molecule has 2 aromatic rings. The number of thiophene rings is 1. The van der Waals surface area contributed by atoms with Crippen LogP contribution in [0.5, 0.6) is 0 Å². The fraction of sp³-hybridized carbons (Fsp3) is 0.583. The summed E-state index contributed by atoms with van der Waals surface area (Å²) in [6.45, 7) is 7.65. The predicted octanol–water partition coefficient (Wildman–Crippen LogP) is 4.67. The Labute approximate surface area is 225 Å². The van der Waals surface area contributed by atoms with Crippen LogP contribution in [0.4, 0.5) is 32.0 Å². The molecule has 2 N–H and O–H groups in total.